The van der Waals surface area contributed by atoms with Gasteiger partial charge < -0.3 is 9.64 Å². The van der Waals surface area contributed by atoms with Crippen molar-refractivity contribution in [2.24, 2.45) is 0 Å². The number of benzene rings is 2. The first-order valence-electron chi connectivity index (χ1n) is 10.6. The van der Waals surface area contributed by atoms with Crippen LogP contribution in [0.4, 0.5) is 4.39 Å². The molecule has 5 rings (SSSR count). The lowest BCUT2D eigenvalue weighted by atomic mass is 10.1. The molecule has 0 spiro atoms. The van der Waals surface area contributed by atoms with Gasteiger partial charge in [-0.05, 0) is 66.4 Å². The van der Waals surface area contributed by atoms with Crippen LogP contribution in [0.15, 0.2) is 67.0 Å². The Labute approximate surface area is 190 Å². The maximum atomic E-state index is 13.4. The molecular formula is C26H21FN4O2. The van der Waals surface area contributed by atoms with Crippen molar-refractivity contribution >= 4 is 5.91 Å². The highest BCUT2D eigenvalue weighted by atomic mass is 19.1. The Kier molecular flexibility index (Phi) is 5.30. The molecule has 0 atom stereocenters. The van der Waals surface area contributed by atoms with Gasteiger partial charge in [0, 0.05) is 24.8 Å². The summed E-state index contributed by atoms with van der Waals surface area (Å²) in [5.41, 5.74) is 5.88. The van der Waals surface area contributed by atoms with Gasteiger partial charge >= 0.3 is 0 Å². The maximum Gasteiger partial charge on any atom is 0.260 e. The summed E-state index contributed by atoms with van der Waals surface area (Å²) < 4.78 is 19.3. The second-order valence-corrected chi connectivity index (χ2v) is 8.11. The Hall–Kier alpha value is -4.13. The third kappa shape index (κ3) is 4.17. The minimum absolute atomic E-state index is 0.133. The largest absolute Gasteiger partial charge is 0.438 e. The number of aromatic nitrogens is 3. The number of hydrogen-bond donors (Lipinski definition) is 0. The highest BCUT2D eigenvalue weighted by Crippen LogP contribution is 2.34. The van der Waals surface area contributed by atoms with E-state index >= 15 is 0 Å². The predicted octanol–water partition coefficient (Wildman–Crippen LogP) is 5.24. The number of ether oxygens (including phenoxy) is 1. The zero-order valence-electron chi connectivity index (χ0n) is 18.2. The van der Waals surface area contributed by atoms with Crippen molar-refractivity contribution in [2.75, 3.05) is 0 Å². The summed E-state index contributed by atoms with van der Waals surface area (Å²) in [6.07, 6.45) is 3.36. The van der Waals surface area contributed by atoms with Crippen LogP contribution in [0.1, 0.15) is 32.7 Å². The lowest BCUT2D eigenvalue weighted by molar-refractivity contribution is 0.0764. The van der Waals surface area contributed by atoms with Gasteiger partial charge in [-0.2, -0.15) is 10.2 Å². The number of amides is 1. The smallest absolute Gasteiger partial charge is 0.260 e. The minimum Gasteiger partial charge on any atom is -0.438 e. The molecule has 7 heteroatoms. The summed E-state index contributed by atoms with van der Waals surface area (Å²) in [5, 5.41) is 8.00. The molecule has 0 saturated carbocycles. The van der Waals surface area contributed by atoms with Crippen LogP contribution in [0.3, 0.4) is 0 Å². The van der Waals surface area contributed by atoms with Crippen LogP contribution in [0.5, 0.6) is 11.6 Å². The quantitative estimate of drug-likeness (QED) is 0.424. The lowest BCUT2D eigenvalue weighted by Crippen LogP contribution is -2.23. The van der Waals surface area contributed by atoms with Crippen molar-refractivity contribution in [2.45, 2.75) is 26.9 Å². The van der Waals surface area contributed by atoms with Crippen molar-refractivity contribution in [3.05, 3.63) is 101 Å². The normalized spacial score (nSPS) is 12.7. The average molecular weight is 440 g/mol. The monoisotopic (exact) mass is 440 g/mol. The number of aryl methyl sites for hydroxylation is 2. The fraction of sp³-hybridized carbons (Fsp3) is 0.154. The van der Waals surface area contributed by atoms with Crippen LogP contribution < -0.4 is 4.74 Å². The van der Waals surface area contributed by atoms with Gasteiger partial charge in [0.2, 0.25) is 5.88 Å². The number of pyridine rings is 1. The van der Waals surface area contributed by atoms with Gasteiger partial charge in [0.05, 0.1) is 11.9 Å². The number of nitrogens with zero attached hydrogens (tertiary/aromatic N) is 4. The van der Waals surface area contributed by atoms with Crippen LogP contribution in [0.25, 0.3) is 11.1 Å². The molecule has 4 aromatic rings. The van der Waals surface area contributed by atoms with Crippen LogP contribution in [0, 0.1) is 19.7 Å². The number of carbonyl (C=O) groups is 1. The molecule has 0 bridgehead atoms. The molecule has 1 aliphatic heterocycles. The van der Waals surface area contributed by atoms with Gasteiger partial charge in [0.15, 0.2) is 0 Å². The number of hydrogen-bond acceptors (Lipinski definition) is 5. The number of rotatable bonds is 5. The number of carbonyl (C=O) groups excluding carboxylic acids is 1. The maximum absolute atomic E-state index is 13.4. The topological polar surface area (TPSA) is 68.2 Å². The Morgan fingerprint density at radius 2 is 1.85 bits per heavy atom. The first-order valence-corrected chi connectivity index (χ1v) is 10.6. The van der Waals surface area contributed by atoms with E-state index in [0.717, 1.165) is 27.9 Å². The van der Waals surface area contributed by atoms with Crippen LogP contribution in [0.2, 0.25) is 0 Å². The molecule has 2 aromatic heterocycles. The molecule has 0 aliphatic carbocycles. The summed E-state index contributed by atoms with van der Waals surface area (Å²) in [6, 6.07) is 16.1. The molecule has 1 amide bonds. The van der Waals surface area contributed by atoms with E-state index in [0.29, 0.717) is 30.0 Å². The third-order valence-electron chi connectivity index (χ3n) is 5.65. The summed E-state index contributed by atoms with van der Waals surface area (Å²) in [6.45, 7) is 4.61. The molecule has 0 saturated heterocycles. The second-order valence-electron chi connectivity index (χ2n) is 8.11. The van der Waals surface area contributed by atoms with Gasteiger partial charge in [0.1, 0.15) is 17.1 Å². The fourth-order valence-corrected chi connectivity index (χ4v) is 3.97. The summed E-state index contributed by atoms with van der Waals surface area (Å²) >= 11 is 0. The Morgan fingerprint density at radius 1 is 1.03 bits per heavy atom. The van der Waals surface area contributed by atoms with Gasteiger partial charge in [-0.1, -0.05) is 24.3 Å². The molecule has 164 valence electrons. The molecule has 0 N–H and O–H groups in total. The van der Waals surface area contributed by atoms with E-state index in [1.165, 1.54) is 12.1 Å². The predicted molar refractivity (Wildman–Crippen MR) is 121 cm³/mol. The van der Waals surface area contributed by atoms with E-state index in [4.69, 9.17) is 4.74 Å². The minimum atomic E-state index is -0.338. The molecule has 1 aliphatic rings. The molecule has 2 aromatic carbocycles. The van der Waals surface area contributed by atoms with E-state index in [2.05, 4.69) is 15.2 Å². The first-order chi connectivity index (χ1) is 16.0. The van der Waals surface area contributed by atoms with Crippen molar-refractivity contribution in [1.29, 1.82) is 0 Å². The summed E-state index contributed by atoms with van der Waals surface area (Å²) in [7, 11) is 0. The average Bonchev–Trinajstić information content (AvgIpc) is 3.12. The zero-order valence-corrected chi connectivity index (χ0v) is 18.2. The van der Waals surface area contributed by atoms with Crippen molar-refractivity contribution in [1.82, 2.24) is 20.1 Å². The van der Waals surface area contributed by atoms with Crippen LogP contribution >= 0.6 is 0 Å². The van der Waals surface area contributed by atoms with Crippen molar-refractivity contribution < 1.29 is 13.9 Å². The molecule has 6 nitrogen and oxygen atoms in total. The molecule has 3 heterocycles. The van der Waals surface area contributed by atoms with E-state index in [-0.39, 0.29) is 17.6 Å². The molecule has 0 radical (unpaired) electrons. The Balaban J connectivity index is 1.35. The lowest BCUT2D eigenvalue weighted by Gasteiger charge is -2.16. The van der Waals surface area contributed by atoms with Gasteiger partial charge in [-0.15, -0.1) is 0 Å². The molecule has 33 heavy (non-hydrogen) atoms. The highest BCUT2D eigenvalue weighted by Gasteiger charge is 2.32. The number of fused-ring (bicyclic) bond motifs is 1. The fourth-order valence-electron chi connectivity index (χ4n) is 3.97. The Morgan fingerprint density at radius 3 is 2.61 bits per heavy atom. The second kappa shape index (κ2) is 8.43. The van der Waals surface area contributed by atoms with E-state index < -0.39 is 0 Å². The van der Waals surface area contributed by atoms with Gasteiger partial charge in [-0.25, -0.2) is 9.37 Å². The highest BCUT2D eigenvalue weighted by molar-refractivity contribution is 6.00. The van der Waals surface area contributed by atoms with Gasteiger partial charge in [0.25, 0.3) is 5.91 Å². The van der Waals surface area contributed by atoms with E-state index in [1.807, 2.05) is 43.3 Å². The van der Waals surface area contributed by atoms with Crippen molar-refractivity contribution in [3.63, 3.8) is 0 Å². The Bertz CT molecular complexity index is 1360. The number of halogens is 1. The zero-order chi connectivity index (χ0) is 22.9. The molecule has 0 fully saturated rings. The molecule has 0 unspecified atom stereocenters. The SMILES string of the molecule is Cc1cc(-c2ccc(CN3Cc4ccnc(Oc5ccc(F)cc5C)c4C3=O)cc2)cnn1. The van der Waals surface area contributed by atoms with Crippen LogP contribution in [-0.2, 0) is 13.1 Å². The molecular weight excluding hydrogens is 419 g/mol. The van der Waals surface area contributed by atoms with Gasteiger partial charge in [-0.3, -0.25) is 4.79 Å². The van der Waals surface area contributed by atoms with E-state index in [1.54, 1.807) is 30.3 Å². The summed E-state index contributed by atoms with van der Waals surface area (Å²) in [4.78, 5) is 19.3. The third-order valence-corrected chi connectivity index (χ3v) is 5.65. The standard InChI is InChI=1S/C26H21FN4O2/c1-16-11-22(27)7-8-23(16)33-25-24-20(9-10-28-25)15-31(26(24)32)14-18-3-5-19(6-4-18)21-12-17(2)30-29-13-21/h3-13H,14-15H2,1-2H3. The van der Waals surface area contributed by atoms with E-state index in [9.17, 15) is 9.18 Å². The van der Waals surface area contributed by atoms with Crippen LogP contribution in [-0.4, -0.2) is 26.0 Å². The summed E-state index contributed by atoms with van der Waals surface area (Å²) in [5.74, 6) is 0.242. The van der Waals surface area contributed by atoms with Crippen molar-refractivity contribution in [3.8, 4) is 22.8 Å². The first kappa shape index (κ1) is 20.8.